The van der Waals surface area contributed by atoms with E-state index < -0.39 is 24.8 Å². The Morgan fingerprint density at radius 3 is 1.90 bits per heavy atom. The van der Waals surface area contributed by atoms with E-state index in [0.29, 0.717) is 22.5 Å². The average molecular weight is 461 g/mol. The molecule has 0 amide bonds. The molecule has 29 heavy (non-hydrogen) atoms. The molecule has 1 aliphatic rings. The summed E-state index contributed by atoms with van der Waals surface area (Å²) < 4.78 is 53.9. The third-order valence-electron chi connectivity index (χ3n) is 3.84. The molecular weight excluding hydrogens is 448 g/mol. The molecule has 2 aromatic rings. The van der Waals surface area contributed by atoms with Gasteiger partial charge >= 0.3 is 65.3 Å². The summed E-state index contributed by atoms with van der Waals surface area (Å²) in [6.07, 6.45) is -4.57. The Labute approximate surface area is 214 Å². The maximum Gasteiger partial charge on any atom is 1.00 e. The average Bonchev–Trinajstić information content (AvgIpc) is 2.58. The Kier molecular flexibility index (Phi) is 9.90. The standard InChI is InChI=1S/C17H15F3NO4PS.2Na/c1-21-13-8-4-2-6-11(13)15(12-7-3-5-9-14(12)21)16(25-26(22,23)24)27-10-17(18,19)20;;/h2-9H,10H2,1H3,(H2,22,23,24);;/q;2*+1/p-2. The Balaban J connectivity index is 0.00000210. The molecule has 0 unspecified atom stereocenters. The zero-order valence-corrected chi connectivity index (χ0v) is 21.6. The second-order valence-corrected chi connectivity index (χ2v) is 7.72. The number of halogens is 3. The fraction of sp³-hybridized carbons (Fsp3) is 0.176. The first kappa shape index (κ1) is 27.1. The van der Waals surface area contributed by atoms with Crippen molar-refractivity contribution < 1.29 is 91.2 Å². The quantitative estimate of drug-likeness (QED) is 0.288. The SMILES string of the molecule is CN1c2ccccc2C(=C(OP(=O)([O-])[O-])SCC(F)(F)F)c2ccccc21.[Na+].[Na+]. The molecule has 5 nitrogen and oxygen atoms in total. The molecule has 0 saturated heterocycles. The predicted octanol–water partition coefficient (Wildman–Crippen LogP) is -2.37. The van der Waals surface area contributed by atoms with Gasteiger partial charge in [-0.2, -0.15) is 13.2 Å². The number of benzene rings is 2. The molecule has 144 valence electrons. The first-order chi connectivity index (χ1) is 12.6. The number of rotatable bonds is 4. The second kappa shape index (κ2) is 10.6. The van der Waals surface area contributed by atoms with Gasteiger partial charge in [0.2, 0.25) is 0 Å². The molecule has 0 fully saturated rings. The van der Waals surface area contributed by atoms with Crippen LogP contribution >= 0.6 is 19.6 Å². The van der Waals surface area contributed by atoms with Gasteiger partial charge in [0, 0.05) is 35.1 Å². The van der Waals surface area contributed by atoms with E-state index in [9.17, 15) is 27.5 Å². The Morgan fingerprint density at radius 2 is 1.48 bits per heavy atom. The van der Waals surface area contributed by atoms with E-state index in [1.807, 2.05) is 4.90 Å². The summed E-state index contributed by atoms with van der Waals surface area (Å²) in [4.78, 5) is 24.2. The van der Waals surface area contributed by atoms with E-state index in [1.54, 1.807) is 55.6 Å². The molecule has 0 atom stereocenters. The minimum Gasteiger partial charge on any atom is -0.780 e. The van der Waals surface area contributed by atoms with Gasteiger partial charge in [0.05, 0.1) is 5.75 Å². The van der Waals surface area contributed by atoms with Crippen molar-refractivity contribution >= 4 is 36.5 Å². The molecule has 1 heterocycles. The van der Waals surface area contributed by atoms with Gasteiger partial charge in [0.1, 0.15) is 7.82 Å². The van der Waals surface area contributed by atoms with E-state index in [1.165, 1.54) is 0 Å². The summed E-state index contributed by atoms with van der Waals surface area (Å²) in [7, 11) is -3.79. The van der Waals surface area contributed by atoms with Crippen molar-refractivity contribution in [3.8, 4) is 0 Å². The number of fused-ring (bicyclic) bond motifs is 2. The number of alkyl halides is 3. The smallest absolute Gasteiger partial charge is 0.780 e. The van der Waals surface area contributed by atoms with Crippen LogP contribution in [0.1, 0.15) is 11.1 Å². The number of anilines is 2. The van der Waals surface area contributed by atoms with Crippen LogP contribution in [-0.4, -0.2) is 19.0 Å². The number of para-hydroxylation sites is 2. The molecule has 0 aliphatic carbocycles. The number of nitrogens with zero attached hydrogens (tertiary/aromatic N) is 1. The van der Waals surface area contributed by atoms with E-state index in [-0.39, 0.29) is 76.4 Å². The van der Waals surface area contributed by atoms with Crippen molar-refractivity contribution in [2.75, 3.05) is 17.7 Å². The summed E-state index contributed by atoms with van der Waals surface area (Å²) in [6.45, 7) is 0. The zero-order valence-electron chi connectivity index (χ0n) is 15.9. The van der Waals surface area contributed by atoms with E-state index in [4.69, 9.17) is 0 Å². The fourth-order valence-electron chi connectivity index (χ4n) is 2.84. The van der Waals surface area contributed by atoms with Crippen LogP contribution in [0.2, 0.25) is 0 Å². The van der Waals surface area contributed by atoms with Crippen molar-refractivity contribution in [1.82, 2.24) is 0 Å². The molecular formula is C17H13F3NNa2O4PS. The van der Waals surface area contributed by atoms with Crippen LogP contribution < -0.4 is 73.8 Å². The maximum absolute atomic E-state index is 12.7. The molecule has 0 aromatic heterocycles. The summed E-state index contributed by atoms with van der Waals surface area (Å²) in [5.41, 5.74) is 2.37. The monoisotopic (exact) mass is 461 g/mol. The first-order valence-corrected chi connectivity index (χ1v) is 10.1. The van der Waals surface area contributed by atoms with Crippen LogP contribution in [0.25, 0.3) is 5.57 Å². The summed E-state index contributed by atoms with van der Waals surface area (Å²) in [5, 5.41) is -0.589. The molecule has 3 rings (SSSR count). The van der Waals surface area contributed by atoms with Crippen LogP contribution in [-0.2, 0) is 9.09 Å². The predicted molar refractivity (Wildman–Crippen MR) is 94.2 cm³/mol. The van der Waals surface area contributed by atoms with Crippen molar-refractivity contribution in [3.05, 3.63) is 64.7 Å². The van der Waals surface area contributed by atoms with Gasteiger partial charge in [-0.25, -0.2) is 0 Å². The molecule has 12 heteroatoms. The minimum atomic E-state index is -5.57. The number of thioether (sulfide) groups is 1. The van der Waals surface area contributed by atoms with Gasteiger partial charge in [-0.15, -0.1) is 0 Å². The fourth-order valence-corrected chi connectivity index (χ4v) is 4.28. The van der Waals surface area contributed by atoms with Crippen LogP contribution in [0.15, 0.2) is 53.6 Å². The van der Waals surface area contributed by atoms with Crippen LogP contribution in [0.5, 0.6) is 0 Å². The molecule has 0 spiro atoms. The van der Waals surface area contributed by atoms with E-state index >= 15 is 0 Å². The summed E-state index contributed by atoms with van der Waals surface area (Å²) >= 11 is 0.132. The van der Waals surface area contributed by atoms with Gasteiger partial charge < -0.3 is 23.8 Å². The molecule has 0 radical (unpaired) electrons. The number of phosphoric acid groups is 1. The van der Waals surface area contributed by atoms with Gasteiger partial charge in [0.15, 0.2) is 5.09 Å². The molecule has 0 bridgehead atoms. The van der Waals surface area contributed by atoms with Gasteiger partial charge in [-0.05, 0) is 12.1 Å². The van der Waals surface area contributed by atoms with Crippen LogP contribution in [0.4, 0.5) is 24.5 Å². The zero-order chi connectivity index (χ0) is 19.8. The molecule has 2 aromatic carbocycles. The van der Waals surface area contributed by atoms with E-state index in [0.717, 1.165) is 0 Å². The topological polar surface area (TPSA) is 75.7 Å². The maximum atomic E-state index is 12.7. The van der Waals surface area contributed by atoms with E-state index in [2.05, 4.69) is 4.52 Å². The largest absolute Gasteiger partial charge is 1.00 e. The molecule has 0 N–H and O–H groups in total. The van der Waals surface area contributed by atoms with Crippen molar-refractivity contribution in [2.45, 2.75) is 6.18 Å². The summed E-state index contributed by atoms with van der Waals surface area (Å²) in [6, 6.07) is 13.6. The normalized spacial score (nSPS) is 12.9. The van der Waals surface area contributed by atoms with Crippen LogP contribution in [0, 0.1) is 0 Å². The summed E-state index contributed by atoms with van der Waals surface area (Å²) in [5.74, 6) is -1.40. The first-order valence-electron chi connectivity index (χ1n) is 7.65. The third kappa shape index (κ3) is 6.77. The van der Waals surface area contributed by atoms with Gasteiger partial charge in [0.25, 0.3) is 0 Å². The van der Waals surface area contributed by atoms with Gasteiger partial charge in [-0.1, -0.05) is 48.2 Å². The molecule has 1 aliphatic heterocycles. The van der Waals surface area contributed by atoms with Crippen molar-refractivity contribution in [2.24, 2.45) is 0 Å². The number of hydrogen-bond donors (Lipinski definition) is 0. The Bertz CT molecular complexity index is 903. The number of phosphoric ester groups is 1. The second-order valence-electron chi connectivity index (χ2n) is 5.70. The Morgan fingerprint density at radius 1 is 1.03 bits per heavy atom. The van der Waals surface area contributed by atoms with Crippen molar-refractivity contribution in [1.29, 1.82) is 0 Å². The minimum absolute atomic E-state index is 0. The Hall–Kier alpha value is 0.0700. The van der Waals surface area contributed by atoms with Crippen LogP contribution in [0.3, 0.4) is 0 Å². The molecule has 0 saturated carbocycles. The number of hydrogen-bond acceptors (Lipinski definition) is 6. The van der Waals surface area contributed by atoms with Crippen molar-refractivity contribution in [3.63, 3.8) is 0 Å². The van der Waals surface area contributed by atoms with Gasteiger partial charge in [-0.3, -0.25) is 0 Å². The third-order valence-corrected chi connectivity index (χ3v) is 5.39.